The summed E-state index contributed by atoms with van der Waals surface area (Å²) in [4.78, 5) is 11.1. The Kier molecular flexibility index (Phi) is 6.87. The molecule has 1 aromatic carbocycles. The summed E-state index contributed by atoms with van der Waals surface area (Å²) in [7, 11) is 3.79. The molecule has 2 heterocycles. The van der Waals surface area contributed by atoms with Crippen LogP contribution < -0.4 is 10.7 Å². The molecule has 0 radical (unpaired) electrons. The van der Waals surface area contributed by atoms with Crippen molar-refractivity contribution in [2.75, 3.05) is 39.0 Å². The standard InChI is InChI=1S/C25H33F3N6/c1-17(15-33(4)29-3)20-5-6-21-14-30-23(32-22(21)13-20)31-18(2)19-7-11-34(12-8-19)16-24(9-10-24)25(26,27)28/h5-6,13-15,19,29H,2,7-12,16H2,1,3-4H3,(H,30,31,32)/b17-15+. The molecule has 184 valence electrons. The second-order valence-corrected chi connectivity index (χ2v) is 9.59. The molecule has 2 aliphatic rings. The van der Waals surface area contributed by atoms with E-state index in [0.29, 0.717) is 19.0 Å². The summed E-state index contributed by atoms with van der Waals surface area (Å²) in [6, 6.07) is 6.09. The van der Waals surface area contributed by atoms with Crippen molar-refractivity contribution in [3.05, 3.63) is 48.4 Å². The summed E-state index contributed by atoms with van der Waals surface area (Å²) in [6.45, 7) is 7.65. The minimum Gasteiger partial charge on any atom is -0.328 e. The van der Waals surface area contributed by atoms with Crippen LogP contribution in [-0.2, 0) is 0 Å². The summed E-state index contributed by atoms with van der Waals surface area (Å²) in [5.41, 5.74) is 5.39. The summed E-state index contributed by atoms with van der Waals surface area (Å²) in [5.74, 6) is 0.672. The van der Waals surface area contributed by atoms with Crippen LogP contribution in [0, 0.1) is 11.3 Å². The predicted octanol–water partition coefficient (Wildman–Crippen LogP) is 5.04. The van der Waals surface area contributed by atoms with Gasteiger partial charge in [0.25, 0.3) is 0 Å². The minimum atomic E-state index is -4.10. The van der Waals surface area contributed by atoms with E-state index in [1.54, 1.807) is 6.20 Å². The molecule has 0 amide bonds. The van der Waals surface area contributed by atoms with Crippen LogP contribution in [0.4, 0.5) is 19.1 Å². The molecule has 1 aliphatic heterocycles. The van der Waals surface area contributed by atoms with Gasteiger partial charge in [-0.3, -0.25) is 0 Å². The summed E-state index contributed by atoms with van der Waals surface area (Å²) < 4.78 is 39.8. The van der Waals surface area contributed by atoms with Crippen molar-refractivity contribution in [2.45, 2.75) is 38.8 Å². The number of piperidine rings is 1. The van der Waals surface area contributed by atoms with Crippen LogP contribution in [0.25, 0.3) is 16.5 Å². The van der Waals surface area contributed by atoms with Gasteiger partial charge in [-0.2, -0.15) is 13.2 Å². The van der Waals surface area contributed by atoms with Gasteiger partial charge in [0, 0.05) is 50.0 Å². The topological polar surface area (TPSA) is 56.3 Å². The van der Waals surface area contributed by atoms with Crippen molar-refractivity contribution in [3.8, 4) is 0 Å². The van der Waals surface area contributed by atoms with E-state index in [1.165, 1.54) is 0 Å². The molecule has 1 aliphatic carbocycles. The molecule has 0 unspecified atom stereocenters. The average Bonchev–Trinajstić information content (AvgIpc) is 3.59. The minimum absolute atomic E-state index is 0.122. The third kappa shape index (κ3) is 5.36. The maximum Gasteiger partial charge on any atom is 0.395 e. The third-order valence-corrected chi connectivity index (χ3v) is 7.11. The number of fused-ring (bicyclic) bond motifs is 1. The molecule has 4 rings (SSSR count). The number of hydrazine groups is 1. The highest BCUT2D eigenvalue weighted by molar-refractivity contribution is 5.83. The molecular weight excluding hydrogens is 441 g/mol. The van der Waals surface area contributed by atoms with Gasteiger partial charge < -0.3 is 15.2 Å². The lowest BCUT2D eigenvalue weighted by atomic mass is 9.93. The first kappa shape index (κ1) is 24.5. The number of nitrogens with zero attached hydrogens (tertiary/aromatic N) is 4. The van der Waals surface area contributed by atoms with Crippen LogP contribution in [0.1, 0.15) is 38.2 Å². The lowest BCUT2D eigenvalue weighted by molar-refractivity contribution is -0.192. The number of aromatic nitrogens is 2. The number of rotatable bonds is 8. The number of alkyl halides is 3. The van der Waals surface area contributed by atoms with Crippen LogP contribution in [-0.4, -0.2) is 59.8 Å². The quantitative estimate of drug-likeness (QED) is 0.523. The number of allylic oxidation sites excluding steroid dienone is 2. The molecule has 0 bridgehead atoms. The number of likely N-dealkylation sites (tertiary alicyclic amines) is 1. The Balaban J connectivity index is 1.37. The van der Waals surface area contributed by atoms with E-state index in [4.69, 9.17) is 0 Å². The van der Waals surface area contributed by atoms with Gasteiger partial charge in [0.2, 0.25) is 5.95 Å². The maximum atomic E-state index is 13.3. The van der Waals surface area contributed by atoms with Crippen molar-refractivity contribution < 1.29 is 13.2 Å². The van der Waals surface area contributed by atoms with Gasteiger partial charge in [0.1, 0.15) is 0 Å². The first-order valence-electron chi connectivity index (χ1n) is 11.7. The second-order valence-electron chi connectivity index (χ2n) is 9.59. The highest BCUT2D eigenvalue weighted by Crippen LogP contribution is 2.58. The lowest BCUT2D eigenvalue weighted by Gasteiger charge is -2.35. The molecule has 1 saturated heterocycles. The van der Waals surface area contributed by atoms with E-state index in [0.717, 1.165) is 40.6 Å². The molecule has 1 aromatic heterocycles. The van der Waals surface area contributed by atoms with Gasteiger partial charge in [-0.05, 0) is 62.9 Å². The zero-order valence-electron chi connectivity index (χ0n) is 20.0. The first-order valence-corrected chi connectivity index (χ1v) is 11.7. The third-order valence-electron chi connectivity index (χ3n) is 7.11. The van der Waals surface area contributed by atoms with E-state index >= 15 is 0 Å². The average molecular weight is 475 g/mol. The Morgan fingerprint density at radius 2 is 2.00 bits per heavy atom. The first-order chi connectivity index (χ1) is 16.1. The van der Waals surface area contributed by atoms with E-state index in [9.17, 15) is 13.2 Å². The van der Waals surface area contributed by atoms with Crippen LogP contribution >= 0.6 is 0 Å². The molecule has 6 nitrogen and oxygen atoms in total. The number of anilines is 1. The lowest BCUT2D eigenvalue weighted by Crippen LogP contribution is -2.42. The Morgan fingerprint density at radius 1 is 1.29 bits per heavy atom. The predicted molar refractivity (Wildman–Crippen MR) is 130 cm³/mol. The normalized spacial score (nSPS) is 19.3. The highest BCUT2D eigenvalue weighted by atomic mass is 19.4. The van der Waals surface area contributed by atoms with Gasteiger partial charge >= 0.3 is 6.18 Å². The fourth-order valence-corrected chi connectivity index (χ4v) is 4.55. The Morgan fingerprint density at radius 3 is 2.62 bits per heavy atom. The van der Waals surface area contributed by atoms with Crippen LogP contribution in [0.15, 0.2) is 42.9 Å². The molecule has 34 heavy (non-hydrogen) atoms. The van der Waals surface area contributed by atoms with Gasteiger partial charge in [-0.1, -0.05) is 18.7 Å². The van der Waals surface area contributed by atoms with Crippen molar-refractivity contribution in [2.24, 2.45) is 11.3 Å². The summed E-state index contributed by atoms with van der Waals surface area (Å²) >= 11 is 0. The molecule has 0 spiro atoms. The monoisotopic (exact) mass is 474 g/mol. The molecule has 2 aromatic rings. The molecule has 9 heteroatoms. The summed E-state index contributed by atoms with van der Waals surface area (Å²) in [6.07, 6.45) is 1.77. The van der Waals surface area contributed by atoms with Crippen LogP contribution in [0.3, 0.4) is 0 Å². The number of benzene rings is 1. The summed E-state index contributed by atoms with van der Waals surface area (Å²) in [5, 5.41) is 6.08. The second kappa shape index (κ2) is 9.54. The van der Waals surface area contributed by atoms with Crippen molar-refractivity contribution >= 4 is 22.4 Å². The smallest absolute Gasteiger partial charge is 0.328 e. The fourth-order valence-electron chi connectivity index (χ4n) is 4.55. The van der Waals surface area contributed by atoms with E-state index in [-0.39, 0.29) is 25.3 Å². The van der Waals surface area contributed by atoms with Crippen LogP contribution in [0.5, 0.6) is 0 Å². The van der Waals surface area contributed by atoms with Crippen LogP contribution in [0.2, 0.25) is 0 Å². The number of hydrogen-bond acceptors (Lipinski definition) is 6. The van der Waals surface area contributed by atoms with E-state index < -0.39 is 11.6 Å². The molecule has 1 saturated carbocycles. The van der Waals surface area contributed by atoms with Gasteiger partial charge in [0.05, 0.1) is 10.9 Å². The number of nitrogens with one attached hydrogen (secondary N) is 2. The Bertz CT molecular complexity index is 1070. The molecule has 2 N–H and O–H groups in total. The number of hydrogen-bond donors (Lipinski definition) is 2. The largest absolute Gasteiger partial charge is 0.395 e. The zero-order chi connectivity index (χ0) is 24.5. The zero-order valence-corrected chi connectivity index (χ0v) is 20.0. The van der Waals surface area contributed by atoms with E-state index in [2.05, 4.69) is 27.3 Å². The van der Waals surface area contributed by atoms with Crippen molar-refractivity contribution in [1.82, 2.24) is 25.3 Å². The molecule has 0 atom stereocenters. The Hall–Kier alpha value is -2.65. The van der Waals surface area contributed by atoms with Gasteiger partial charge in [0.15, 0.2) is 0 Å². The van der Waals surface area contributed by atoms with Gasteiger partial charge in [-0.25, -0.2) is 15.4 Å². The van der Waals surface area contributed by atoms with Crippen molar-refractivity contribution in [1.29, 1.82) is 0 Å². The maximum absolute atomic E-state index is 13.3. The fraction of sp³-hybridized carbons (Fsp3) is 0.520. The Labute approximate surface area is 198 Å². The van der Waals surface area contributed by atoms with E-state index in [1.807, 2.05) is 55.3 Å². The highest BCUT2D eigenvalue weighted by Gasteiger charge is 2.63. The SMILES string of the molecule is C=C(Nc1ncc2ccc(/C(C)=C/N(C)NC)cc2n1)C1CCN(CC2(C(F)(F)F)CC2)CC1. The molecule has 2 fully saturated rings. The van der Waals surface area contributed by atoms with Crippen molar-refractivity contribution in [3.63, 3.8) is 0 Å². The van der Waals surface area contributed by atoms with Gasteiger partial charge in [-0.15, -0.1) is 0 Å². The number of halogens is 3. The molecular formula is C25H33F3N6.